The Bertz CT molecular complexity index is 320. The standard InChI is InChI=1S/C7H4Br2F2OS/c8-3-1-5(12-7(10)11)6(13)2-4(3)9/h1-2,7,13H. The summed E-state index contributed by atoms with van der Waals surface area (Å²) >= 11 is 10.4. The number of hydrogen-bond donors (Lipinski definition) is 1. The first kappa shape index (κ1) is 11.3. The lowest BCUT2D eigenvalue weighted by Gasteiger charge is -2.08. The molecule has 13 heavy (non-hydrogen) atoms. The molecule has 72 valence electrons. The van der Waals surface area contributed by atoms with E-state index in [4.69, 9.17) is 0 Å². The van der Waals surface area contributed by atoms with E-state index in [0.717, 1.165) is 4.47 Å². The quantitative estimate of drug-likeness (QED) is 0.802. The summed E-state index contributed by atoms with van der Waals surface area (Å²) in [5, 5.41) is 0. The van der Waals surface area contributed by atoms with Crippen molar-refractivity contribution in [3.05, 3.63) is 21.1 Å². The van der Waals surface area contributed by atoms with Crippen LogP contribution >= 0.6 is 44.5 Å². The third kappa shape index (κ3) is 3.11. The molecule has 0 aliphatic rings. The Kier molecular flexibility index (Phi) is 4.00. The highest BCUT2D eigenvalue weighted by atomic mass is 79.9. The molecule has 0 aliphatic carbocycles. The van der Waals surface area contributed by atoms with Gasteiger partial charge in [0.15, 0.2) is 0 Å². The highest BCUT2D eigenvalue weighted by Gasteiger charge is 2.10. The van der Waals surface area contributed by atoms with Crippen molar-refractivity contribution in [1.29, 1.82) is 0 Å². The Labute approximate surface area is 96.1 Å². The fourth-order valence-corrected chi connectivity index (χ4v) is 1.80. The Hall–Kier alpha value is 0.190. The number of hydrogen-bond acceptors (Lipinski definition) is 2. The van der Waals surface area contributed by atoms with Gasteiger partial charge < -0.3 is 4.74 Å². The van der Waals surface area contributed by atoms with Gasteiger partial charge in [-0.05, 0) is 44.0 Å². The molecule has 0 saturated heterocycles. The molecule has 0 aliphatic heterocycles. The van der Waals surface area contributed by atoms with Crippen molar-refractivity contribution in [3.63, 3.8) is 0 Å². The first-order chi connectivity index (χ1) is 6.00. The van der Waals surface area contributed by atoms with E-state index < -0.39 is 6.61 Å². The van der Waals surface area contributed by atoms with Gasteiger partial charge in [0.1, 0.15) is 5.75 Å². The van der Waals surface area contributed by atoms with Crippen LogP contribution in [0.2, 0.25) is 0 Å². The van der Waals surface area contributed by atoms with Crippen LogP contribution in [0.1, 0.15) is 0 Å². The van der Waals surface area contributed by atoms with Gasteiger partial charge in [0, 0.05) is 13.8 Å². The van der Waals surface area contributed by atoms with Crippen LogP contribution in [0.25, 0.3) is 0 Å². The predicted molar refractivity (Wildman–Crippen MR) is 55.7 cm³/mol. The van der Waals surface area contributed by atoms with Crippen molar-refractivity contribution in [2.45, 2.75) is 11.5 Å². The molecule has 0 aromatic heterocycles. The van der Waals surface area contributed by atoms with Crippen LogP contribution in [0.5, 0.6) is 5.75 Å². The molecule has 0 unspecified atom stereocenters. The maximum Gasteiger partial charge on any atom is 0.387 e. The molecule has 0 saturated carbocycles. The first-order valence-corrected chi connectivity index (χ1v) is 5.17. The summed E-state index contributed by atoms with van der Waals surface area (Å²) in [4.78, 5) is 0.357. The van der Waals surface area contributed by atoms with Crippen molar-refractivity contribution >= 4 is 44.5 Å². The molecular formula is C7H4Br2F2OS. The SMILES string of the molecule is FC(F)Oc1cc(Br)c(Br)cc1S. The van der Waals surface area contributed by atoms with E-state index in [1.54, 1.807) is 6.07 Å². The van der Waals surface area contributed by atoms with E-state index in [9.17, 15) is 8.78 Å². The normalized spacial score (nSPS) is 10.6. The molecule has 0 amide bonds. The maximum absolute atomic E-state index is 11.8. The number of rotatable bonds is 2. The second-order valence-electron chi connectivity index (χ2n) is 2.11. The van der Waals surface area contributed by atoms with Crippen LogP contribution in [-0.4, -0.2) is 6.61 Å². The Morgan fingerprint density at radius 3 is 2.31 bits per heavy atom. The summed E-state index contributed by atoms with van der Waals surface area (Å²) < 4.78 is 29.3. The van der Waals surface area contributed by atoms with Crippen LogP contribution in [-0.2, 0) is 0 Å². The number of ether oxygens (including phenoxy) is 1. The van der Waals surface area contributed by atoms with Crippen molar-refractivity contribution in [3.8, 4) is 5.75 Å². The highest BCUT2D eigenvalue weighted by molar-refractivity contribution is 9.13. The van der Waals surface area contributed by atoms with Gasteiger partial charge in [-0.3, -0.25) is 0 Å². The molecular weight excluding hydrogens is 330 g/mol. The van der Waals surface area contributed by atoms with E-state index in [0.29, 0.717) is 9.37 Å². The zero-order chi connectivity index (χ0) is 10.0. The van der Waals surface area contributed by atoms with Gasteiger partial charge in [-0.25, -0.2) is 0 Å². The third-order valence-electron chi connectivity index (χ3n) is 1.22. The van der Waals surface area contributed by atoms with Crippen LogP contribution in [0.3, 0.4) is 0 Å². The molecule has 0 radical (unpaired) electrons. The molecule has 1 aromatic carbocycles. The van der Waals surface area contributed by atoms with E-state index in [1.165, 1.54) is 6.07 Å². The van der Waals surface area contributed by atoms with Gasteiger partial charge >= 0.3 is 6.61 Å². The summed E-state index contributed by atoms with van der Waals surface area (Å²) in [6.45, 7) is -2.83. The molecule has 0 atom stereocenters. The highest BCUT2D eigenvalue weighted by Crippen LogP contribution is 2.33. The summed E-state index contributed by atoms with van der Waals surface area (Å²) in [6, 6.07) is 3.00. The summed E-state index contributed by atoms with van der Waals surface area (Å²) in [5.41, 5.74) is 0. The van der Waals surface area contributed by atoms with E-state index in [1.807, 2.05) is 0 Å². The Morgan fingerprint density at radius 1 is 1.23 bits per heavy atom. The molecule has 0 N–H and O–H groups in total. The lowest BCUT2D eigenvalue weighted by Crippen LogP contribution is -2.02. The fraction of sp³-hybridized carbons (Fsp3) is 0.143. The Morgan fingerprint density at radius 2 is 1.77 bits per heavy atom. The molecule has 0 heterocycles. The van der Waals surface area contributed by atoms with Crippen LogP contribution in [0.4, 0.5) is 8.78 Å². The van der Waals surface area contributed by atoms with Gasteiger partial charge in [0.2, 0.25) is 0 Å². The molecule has 0 fully saturated rings. The van der Waals surface area contributed by atoms with Gasteiger partial charge in [-0.1, -0.05) is 0 Å². The minimum absolute atomic E-state index is 0.0495. The van der Waals surface area contributed by atoms with Gasteiger partial charge in [0.25, 0.3) is 0 Å². The summed E-state index contributed by atoms with van der Waals surface area (Å²) in [6.07, 6.45) is 0. The van der Waals surface area contributed by atoms with Crippen LogP contribution in [0, 0.1) is 0 Å². The number of thiol groups is 1. The zero-order valence-electron chi connectivity index (χ0n) is 6.10. The van der Waals surface area contributed by atoms with Gasteiger partial charge in [-0.2, -0.15) is 8.78 Å². The second-order valence-corrected chi connectivity index (χ2v) is 4.30. The van der Waals surface area contributed by atoms with Gasteiger partial charge in [0.05, 0.1) is 0 Å². The molecule has 0 bridgehead atoms. The average Bonchev–Trinajstić information content (AvgIpc) is 1.99. The lowest BCUT2D eigenvalue weighted by molar-refractivity contribution is -0.0516. The molecule has 0 spiro atoms. The largest absolute Gasteiger partial charge is 0.434 e. The van der Waals surface area contributed by atoms with E-state index in [-0.39, 0.29) is 5.75 Å². The summed E-state index contributed by atoms with van der Waals surface area (Å²) in [7, 11) is 0. The van der Waals surface area contributed by atoms with Crippen molar-refractivity contribution in [2.24, 2.45) is 0 Å². The van der Waals surface area contributed by atoms with Crippen molar-refractivity contribution in [2.75, 3.05) is 0 Å². The monoisotopic (exact) mass is 332 g/mol. The minimum Gasteiger partial charge on any atom is -0.434 e. The third-order valence-corrected chi connectivity index (χ3v) is 3.41. The van der Waals surface area contributed by atoms with Crippen molar-refractivity contribution in [1.82, 2.24) is 0 Å². The second kappa shape index (κ2) is 4.61. The Balaban J connectivity index is 3.01. The fourth-order valence-electron chi connectivity index (χ4n) is 0.708. The van der Waals surface area contributed by atoms with Crippen LogP contribution in [0.15, 0.2) is 26.0 Å². The van der Waals surface area contributed by atoms with E-state index in [2.05, 4.69) is 49.2 Å². The maximum atomic E-state index is 11.8. The van der Waals surface area contributed by atoms with E-state index >= 15 is 0 Å². The molecule has 1 rings (SSSR count). The first-order valence-electron chi connectivity index (χ1n) is 3.13. The molecule has 1 nitrogen and oxygen atoms in total. The summed E-state index contributed by atoms with van der Waals surface area (Å²) in [5.74, 6) is 0.0495. The molecule has 1 aromatic rings. The smallest absolute Gasteiger partial charge is 0.387 e. The minimum atomic E-state index is -2.83. The van der Waals surface area contributed by atoms with Gasteiger partial charge in [-0.15, -0.1) is 12.6 Å². The van der Waals surface area contributed by atoms with Crippen molar-refractivity contribution < 1.29 is 13.5 Å². The average molecular weight is 334 g/mol. The van der Waals surface area contributed by atoms with Crippen LogP contribution < -0.4 is 4.74 Å². The zero-order valence-corrected chi connectivity index (χ0v) is 10.2. The molecule has 6 heteroatoms. The number of halogens is 4. The topological polar surface area (TPSA) is 9.23 Å². The number of benzene rings is 1. The lowest BCUT2D eigenvalue weighted by atomic mass is 10.3. The predicted octanol–water partition coefficient (Wildman–Crippen LogP) is 4.10. The number of alkyl halides is 2.